The number of amides is 2. The summed E-state index contributed by atoms with van der Waals surface area (Å²) < 4.78 is 0.901. The van der Waals surface area contributed by atoms with Gasteiger partial charge in [0.05, 0.1) is 23.3 Å². The molecule has 0 spiro atoms. The van der Waals surface area contributed by atoms with E-state index in [4.69, 9.17) is 4.84 Å². The Kier molecular flexibility index (Phi) is 5.02. The van der Waals surface area contributed by atoms with Gasteiger partial charge in [0.15, 0.2) is 6.10 Å². The lowest BCUT2D eigenvalue weighted by Crippen LogP contribution is -2.40. The number of hydrogen-bond acceptors (Lipinski definition) is 4. The van der Waals surface area contributed by atoms with Gasteiger partial charge in [0.2, 0.25) is 5.91 Å². The summed E-state index contributed by atoms with van der Waals surface area (Å²) in [5.41, 5.74) is 1.47. The van der Waals surface area contributed by atoms with Crippen molar-refractivity contribution < 1.29 is 14.4 Å². The maximum absolute atomic E-state index is 13.2. The molecule has 4 rings (SSSR count). The van der Waals surface area contributed by atoms with Gasteiger partial charge >= 0.3 is 0 Å². The van der Waals surface area contributed by atoms with Crippen molar-refractivity contribution in [2.24, 2.45) is 5.92 Å². The van der Waals surface area contributed by atoms with Crippen LogP contribution in [0.4, 0.5) is 11.4 Å². The molecule has 140 valence electrons. The molecule has 0 aliphatic carbocycles. The lowest BCUT2D eigenvalue weighted by molar-refractivity contribution is -0.126. The largest absolute Gasteiger partial charge is 0.273 e. The normalized spacial score (nSPS) is 24.6. The molecular weight excluding hydrogens is 408 g/mol. The standard InChI is InChI=1S/C21H21BrN2O3/c1-2-3-9-17-18-19(27-24(17)16-7-5-4-6-8-16)21(26)23(20(18)25)15-12-10-14(22)11-13-15/h4-8,10-13,17-19H,2-3,9H2,1H3/t17-,18+,19+/m0/s1. The Bertz CT molecular complexity index is 840. The summed E-state index contributed by atoms with van der Waals surface area (Å²) in [5, 5.41) is 1.78. The van der Waals surface area contributed by atoms with E-state index in [9.17, 15) is 9.59 Å². The zero-order valence-electron chi connectivity index (χ0n) is 15.0. The molecule has 2 fully saturated rings. The van der Waals surface area contributed by atoms with Gasteiger partial charge in [-0.25, -0.2) is 9.96 Å². The number of rotatable bonds is 5. The molecule has 0 saturated carbocycles. The quantitative estimate of drug-likeness (QED) is 0.665. The number of carbonyl (C=O) groups excluding carboxylic acids is 2. The molecule has 27 heavy (non-hydrogen) atoms. The summed E-state index contributed by atoms with van der Waals surface area (Å²) in [4.78, 5) is 33.6. The monoisotopic (exact) mass is 428 g/mol. The Morgan fingerprint density at radius 3 is 2.33 bits per heavy atom. The van der Waals surface area contributed by atoms with Crippen molar-refractivity contribution >= 4 is 39.1 Å². The highest BCUT2D eigenvalue weighted by molar-refractivity contribution is 9.10. The molecule has 2 amide bonds. The maximum Gasteiger partial charge on any atom is 0.266 e. The van der Waals surface area contributed by atoms with Crippen molar-refractivity contribution in [3.8, 4) is 0 Å². The number of halogens is 1. The van der Waals surface area contributed by atoms with Gasteiger partial charge in [0.1, 0.15) is 0 Å². The second-order valence-electron chi connectivity index (χ2n) is 6.91. The van der Waals surface area contributed by atoms with Crippen LogP contribution in [0.2, 0.25) is 0 Å². The van der Waals surface area contributed by atoms with Gasteiger partial charge < -0.3 is 0 Å². The number of hydrogen-bond donors (Lipinski definition) is 0. The van der Waals surface area contributed by atoms with E-state index < -0.39 is 12.0 Å². The molecule has 2 aromatic rings. The van der Waals surface area contributed by atoms with Crippen LogP contribution in [0.15, 0.2) is 59.1 Å². The Labute approximate surface area is 167 Å². The van der Waals surface area contributed by atoms with Gasteiger partial charge in [0, 0.05) is 4.47 Å². The number of anilines is 2. The Morgan fingerprint density at radius 1 is 0.963 bits per heavy atom. The minimum atomic E-state index is -0.761. The predicted molar refractivity (Wildman–Crippen MR) is 107 cm³/mol. The molecule has 0 bridgehead atoms. The number of unbranched alkanes of at least 4 members (excludes halogenated alkanes) is 1. The van der Waals surface area contributed by atoms with Gasteiger partial charge in [-0.15, -0.1) is 0 Å². The van der Waals surface area contributed by atoms with E-state index >= 15 is 0 Å². The van der Waals surface area contributed by atoms with Crippen molar-refractivity contribution in [3.05, 3.63) is 59.1 Å². The smallest absolute Gasteiger partial charge is 0.266 e. The van der Waals surface area contributed by atoms with Crippen LogP contribution >= 0.6 is 15.9 Å². The number of hydroxylamine groups is 1. The number of fused-ring (bicyclic) bond motifs is 1. The van der Waals surface area contributed by atoms with Crippen LogP contribution in [0.25, 0.3) is 0 Å². The van der Waals surface area contributed by atoms with Crippen LogP contribution in [0.5, 0.6) is 0 Å². The lowest BCUT2D eigenvalue weighted by atomic mass is 9.92. The van der Waals surface area contributed by atoms with E-state index in [0.717, 1.165) is 29.4 Å². The fourth-order valence-corrected chi connectivity index (χ4v) is 4.14. The highest BCUT2D eigenvalue weighted by Gasteiger charge is 2.59. The third kappa shape index (κ3) is 3.17. The summed E-state index contributed by atoms with van der Waals surface area (Å²) in [5.74, 6) is -0.938. The van der Waals surface area contributed by atoms with Crippen molar-refractivity contribution in [1.29, 1.82) is 0 Å². The van der Waals surface area contributed by atoms with E-state index in [1.165, 1.54) is 4.90 Å². The second-order valence-corrected chi connectivity index (χ2v) is 7.83. The molecule has 2 saturated heterocycles. The molecule has 0 radical (unpaired) electrons. The number of benzene rings is 2. The van der Waals surface area contributed by atoms with Crippen LogP contribution in [0, 0.1) is 5.92 Å². The maximum atomic E-state index is 13.2. The molecule has 5 nitrogen and oxygen atoms in total. The summed E-state index contributed by atoms with van der Waals surface area (Å²) in [6, 6.07) is 16.8. The van der Waals surface area contributed by atoms with Crippen LogP contribution in [-0.4, -0.2) is 24.0 Å². The summed E-state index contributed by atoms with van der Waals surface area (Å²) >= 11 is 3.38. The first-order valence-electron chi connectivity index (χ1n) is 9.26. The minimum Gasteiger partial charge on any atom is -0.273 e. The van der Waals surface area contributed by atoms with Gasteiger partial charge in [-0.1, -0.05) is 53.9 Å². The first-order valence-corrected chi connectivity index (χ1v) is 10.1. The van der Waals surface area contributed by atoms with E-state index in [2.05, 4.69) is 22.9 Å². The lowest BCUT2D eigenvalue weighted by Gasteiger charge is -2.28. The second kappa shape index (κ2) is 7.44. The van der Waals surface area contributed by atoms with E-state index in [1.807, 2.05) is 42.5 Å². The van der Waals surface area contributed by atoms with Crippen LogP contribution in [0.3, 0.4) is 0 Å². The Hall–Kier alpha value is -2.18. The topological polar surface area (TPSA) is 49.9 Å². The predicted octanol–water partition coefficient (Wildman–Crippen LogP) is 4.32. The molecule has 6 heteroatoms. The van der Waals surface area contributed by atoms with Crippen LogP contribution < -0.4 is 9.96 Å². The van der Waals surface area contributed by atoms with Crippen molar-refractivity contribution in [2.75, 3.05) is 9.96 Å². The molecule has 0 N–H and O–H groups in total. The van der Waals surface area contributed by atoms with Crippen molar-refractivity contribution in [1.82, 2.24) is 0 Å². The highest BCUT2D eigenvalue weighted by Crippen LogP contribution is 2.42. The van der Waals surface area contributed by atoms with E-state index in [0.29, 0.717) is 5.69 Å². The number of imide groups is 1. The van der Waals surface area contributed by atoms with Crippen LogP contribution in [-0.2, 0) is 14.4 Å². The molecular formula is C21H21BrN2O3. The van der Waals surface area contributed by atoms with E-state index in [1.54, 1.807) is 17.2 Å². The fraction of sp³-hybridized carbons (Fsp3) is 0.333. The van der Waals surface area contributed by atoms with Crippen LogP contribution in [0.1, 0.15) is 26.2 Å². The number of nitrogens with zero attached hydrogens (tertiary/aromatic N) is 2. The third-order valence-electron chi connectivity index (χ3n) is 5.19. The molecule has 3 atom stereocenters. The molecule has 2 aliphatic rings. The Morgan fingerprint density at radius 2 is 1.67 bits per heavy atom. The SMILES string of the molecule is CCCC[C@H]1[C@H]2C(=O)N(c3ccc(Br)cc3)C(=O)[C@@H]2ON1c1ccccc1. The summed E-state index contributed by atoms with van der Waals surface area (Å²) in [7, 11) is 0. The molecule has 0 unspecified atom stereocenters. The van der Waals surface area contributed by atoms with E-state index in [-0.39, 0.29) is 17.9 Å². The summed E-state index contributed by atoms with van der Waals surface area (Å²) in [6.45, 7) is 2.12. The average Bonchev–Trinajstić information content (AvgIpc) is 3.18. The third-order valence-corrected chi connectivity index (χ3v) is 5.72. The zero-order valence-corrected chi connectivity index (χ0v) is 16.6. The van der Waals surface area contributed by atoms with Gasteiger partial charge in [-0.3, -0.25) is 14.4 Å². The zero-order chi connectivity index (χ0) is 19.0. The Balaban J connectivity index is 1.66. The first-order chi connectivity index (χ1) is 13.1. The van der Waals surface area contributed by atoms with Crippen molar-refractivity contribution in [2.45, 2.75) is 38.3 Å². The fourth-order valence-electron chi connectivity index (χ4n) is 3.87. The molecule has 0 aromatic heterocycles. The minimum absolute atomic E-state index is 0.144. The number of para-hydroxylation sites is 1. The van der Waals surface area contributed by atoms with Crippen molar-refractivity contribution in [3.63, 3.8) is 0 Å². The average molecular weight is 429 g/mol. The first kappa shape index (κ1) is 18.2. The molecule has 2 heterocycles. The highest BCUT2D eigenvalue weighted by atomic mass is 79.9. The van der Waals surface area contributed by atoms with Gasteiger partial charge in [-0.05, 0) is 42.8 Å². The summed E-state index contributed by atoms with van der Waals surface area (Å²) in [6.07, 6.45) is 2.04. The van der Waals surface area contributed by atoms with Gasteiger partial charge in [0.25, 0.3) is 5.91 Å². The van der Waals surface area contributed by atoms with Gasteiger partial charge in [-0.2, -0.15) is 0 Å². The number of carbonyl (C=O) groups is 2. The molecule has 2 aliphatic heterocycles. The molecule has 2 aromatic carbocycles.